The molecule has 0 spiro atoms. The van der Waals surface area contributed by atoms with Gasteiger partial charge in [0.05, 0.1) is 17.4 Å². The van der Waals surface area contributed by atoms with Gasteiger partial charge in [-0.3, -0.25) is 9.98 Å². The first-order valence-electron chi connectivity index (χ1n) is 9.77. The second-order valence-electron chi connectivity index (χ2n) is 6.54. The van der Waals surface area contributed by atoms with E-state index in [-0.39, 0.29) is 0 Å². The fraction of sp³-hybridized carbons (Fsp3) is 0.167. The highest BCUT2D eigenvalue weighted by atomic mass is 32.2. The zero-order valence-corrected chi connectivity index (χ0v) is 17.4. The SMILES string of the molecule is CCN(CC)c1ccc(N=Cc2ccc(Sc3cccc4cccnc34)o2)cc1. The Bertz CT molecular complexity index is 1110. The lowest BCUT2D eigenvalue weighted by atomic mass is 10.2. The number of aliphatic imine (C=N–C) groups is 1. The minimum atomic E-state index is 0.730. The molecule has 0 saturated heterocycles. The number of nitrogens with zero attached hydrogens (tertiary/aromatic N) is 3. The zero-order chi connectivity index (χ0) is 20.1. The first-order valence-corrected chi connectivity index (χ1v) is 10.6. The molecule has 0 amide bonds. The van der Waals surface area contributed by atoms with Crippen LogP contribution in [0, 0.1) is 0 Å². The first-order chi connectivity index (χ1) is 14.3. The van der Waals surface area contributed by atoms with E-state index in [1.165, 1.54) is 5.69 Å². The summed E-state index contributed by atoms with van der Waals surface area (Å²) in [5.41, 5.74) is 3.11. The Morgan fingerprint density at radius 3 is 2.55 bits per heavy atom. The molecule has 146 valence electrons. The van der Waals surface area contributed by atoms with Crippen molar-refractivity contribution in [2.24, 2.45) is 4.99 Å². The van der Waals surface area contributed by atoms with E-state index in [1.54, 1.807) is 18.0 Å². The smallest absolute Gasteiger partial charge is 0.165 e. The summed E-state index contributed by atoms with van der Waals surface area (Å²) in [6, 6.07) is 22.4. The second-order valence-corrected chi connectivity index (χ2v) is 7.58. The zero-order valence-electron chi connectivity index (χ0n) is 16.6. The van der Waals surface area contributed by atoms with Gasteiger partial charge in [0.15, 0.2) is 5.09 Å². The molecule has 4 aromatic rings. The average molecular weight is 402 g/mol. The third-order valence-electron chi connectivity index (χ3n) is 4.73. The summed E-state index contributed by atoms with van der Waals surface area (Å²) < 4.78 is 5.93. The lowest BCUT2D eigenvalue weighted by molar-refractivity contribution is 0.469. The molecule has 0 saturated carbocycles. The predicted octanol–water partition coefficient (Wildman–Crippen LogP) is 6.58. The highest BCUT2D eigenvalue weighted by molar-refractivity contribution is 7.99. The van der Waals surface area contributed by atoms with E-state index in [9.17, 15) is 0 Å². The van der Waals surface area contributed by atoms with E-state index in [0.29, 0.717) is 0 Å². The van der Waals surface area contributed by atoms with E-state index in [1.807, 2.05) is 42.6 Å². The molecule has 4 rings (SSSR count). The number of para-hydroxylation sites is 1. The Morgan fingerprint density at radius 1 is 0.966 bits per heavy atom. The number of fused-ring (bicyclic) bond motifs is 1. The van der Waals surface area contributed by atoms with Gasteiger partial charge in [-0.2, -0.15) is 0 Å². The Kier molecular flexibility index (Phi) is 5.96. The van der Waals surface area contributed by atoms with Crippen LogP contribution in [0.4, 0.5) is 11.4 Å². The molecule has 5 heteroatoms. The topological polar surface area (TPSA) is 41.6 Å². The molecule has 4 nitrogen and oxygen atoms in total. The van der Waals surface area contributed by atoms with Crippen molar-refractivity contribution in [1.29, 1.82) is 0 Å². The molecule has 29 heavy (non-hydrogen) atoms. The van der Waals surface area contributed by atoms with Crippen molar-refractivity contribution in [2.75, 3.05) is 18.0 Å². The van der Waals surface area contributed by atoms with Gasteiger partial charge in [0.1, 0.15) is 5.76 Å². The van der Waals surface area contributed by atoms with Crippen LogP contribution >= 0.6 is 11.8 Å². The van der Waals surface area contributed by atoms with Crippen LogP contribution in [0.25, 0.3) is 10.9 Å². The Labute approximate surface area is 175 Å². The summed E-state index contributed by atoms with van der Waals surface area (Å²) in [5.74, 6) is 0.730. The van der Waals surface area contributed by atoms with Crippen molar-refractivity contribution < 1.29 is 4.42 Å². The molecule has 0 unspecified atom stereocenters. The number of hydrogen-bond donors (Lipinski definition) is 0. The van der Waals surface area contributed by atoms with Crippen molar-refractivity contribution in [3.8, 4) is 0 Å². The van der Waals surface area contributed by atoms with Gasteiger partial charge < -0.3 is 9.32 Å². The summed E-state index contributed by atoms with van der Waals surface area (Å²) in [7, 11) is 0. The van der Waals surface area contributed by atoms with Gasteiger partial charge in [-0.05, 0) is 74.1 Å². The lowest BCUT2D eigenvalue weighted by Gasteiger charge is -2.20. The van der Waals surface area contributed by atoms with Crippen LogP contribution < -0.4 is 4.90 Å². The van der Waals surface area contributed by atoms with Gasteiger partial charge in [-0.25, -0.2) is 0 Å². The van der Waals surface area contributed by atoms with Gasteiger partial charge in [0.2, 0.25) is 0 Å². The van der Waals surface area contributed by atoms with Crippen molar-refractivity contribution in [3.05, 3.63) is 78.7 Å². The molecule has 0 atom stereocenters. The number of pyridine rings is 1. The second kappa shape index (κ2) is 8.97. The van der Waals surface area contributed by atoms with Gasteiger partial charge in [-0.15, -0.1) is 0 Å². The molecule has 0 radical (unpaired) electrons. The van der Waals surface area contributed by atoms with Gasteiger partial charge >= 0.3 is 0 Å². The molecule has 0 fully saturated rings. The van der Waals surface area contributed by atoms with Crippen LogP contribution in [0.2, 0.25) is 0 Å². The number of hydrogen-bond acceptors (Lipinski definition) is 5. The number of furan rings is 1. The molecular formula is C24H23N3OS. The molecule has 0 bridgehead atoms. The van der Waals surface area contributed by atoms with E-state index >= 15 is 0 Å². The van der Waals surface area contributed by atoms with Gasteiger partial charge in [-0.1, -0.05) is 18.2 Å². The number of aromatic nitrogens is 1. The minimum absolute atomic E-state index is 0.730. The maximum absolute atomic E-state index is 5.93. The molecule has 0 aliphatic heterocycles. The van der Waals surface area contributed by atoms with Crippen molar-refractivity contribution in [3.63, 3.8) is 0 Å². The summed E-state index contributed by atoms with van der Waals surface area (Å²) in [6.45, 7) is 6.32. The normalized spacial score (nSPS) is 11.4. The Hall–Kier alpha value is -3.05. The van der Waals surface area contributed by atoms with Crippen LogP contribution in [0.3, 0.4) is 0 Å². The monoisotopic (exact) mass is 401 g/mol. The fourth-order valence-electron chi connectivity index (χ4n) is 3.20. The van der Waals surface area contributed by atoms with E-state index in [2.05, 4.69) is 59.1 Å². The largest absolute Gasteiger partial charge is 0.449 e. The molecule has 2 heterocycles. The maximum Gasteiger partial charge on any atom is 0.165 e. The summed E-state index contributed by atoms with van der Waals surface area (Å²) in [5, 5.41) is 1.94. The van der Waals surface area contributed by atoms with Gasteiger partial charge in [0.25, 0.3) is 0 Å². The molecule has 2 aromatic carbocycles. The van der Waals surface area contributed by atoms with E-state index in [4.69, 9.17) is 4.42 Å². The highest BCUT2D eigenvalue weighted by Crippen LogP contribution is 2.33. The third kappa shape index (κ3) is 4.51. The van der Waals surface area contributed by atoms with Gasteiger partial charge in [0, 0.05) is 35.3 Å². The van der Waals surface area contributed by atoms with Crippen LogP contribution in [0.5, 0.6) is 0 Å². The van der Waals surface area contributed by atoms with E-state index < -0.39 is 0 Å². The predicted molar refractivity (Wildman–Crippen MR) is 122 cm³/mol. The molecule has 0 N–H and O–H groups in total. The Morgan fingerprint density at radius 2 is 1.76 bits per heavy atom. The number of benzene rings is 2. The quantitative estimate of drug-likeness (QED) is 0.328. The maximum atomic E-state index is 5.93. The van der Waals surface area contributed by atoms with Crippen molar-refractivity contribution in [2.45, 2.75) is 23.8 Å². The standard InChI is InChI=1S/C24H23N3OS/c1-3-27(4-2)20-12-10-19(11-13-20)26-17-21-14-15-23(28-21)29-22-9-5-7-18-8-6-16-25-24(18)22/h5-17H,3-4H2,1-2H3. The number of anilines is 1. The number of rotatable bonds is 7. The molecule has 2 aromatic heterocycles. The third-order valence-corrected chi connectivity index (χ3v) is 5.70. The highest BCUT2D eigenvalue weighted by Gasteiger charge is 2.07. The van der Waals surface area contributed by atoms with Crippen LogP contribution in [0.15, 0.2) is 92.3 Å². The fourth-order valence-corrected chi connectivity index (χ4v) is 4.11. The summed E-state index contributed by atoms with van der Waals surface area (Å²) >= 11 is 1.57. The van der Waals surface area contributed by atoms with Crippen LogP contribution in [-0.4, -0.2) is 24.3 Å². The first kappa shape index (κ1) is 19.3. The van der Waals surface area contributed by atoms with Crippen LogP contribution in [-0.2, 0) is 0 Å². The molecular weight excluding hydrogens is 378 g/mol. The van der Waals surface area contributed by atoms with E-state index in [0.717, 1.165) is 45.4 Å². The molecule has 0 aliphatic carbocycles. The lowest BCUT2D eigenvalue weighted by Crippen LogP contribution is -2.21. The summed E-state index contributed by atoms with van der Waals surface area (Å²) in [4.78, 5) is 12.4. The molecule has 0 aliphatic rings. The van der Waals surface area contributed by atoms with Crippen LogP contribution in [0.1, 0.15) is 19.6 Å². The Balaban J connectivity index is 1.46. The summed E-state index contributed by atoms with van der Waals surface area (Å²) in [6.07, 6.45) is 3.58. The van der Waals surface area contributed by atoms with Crippen molar-refractivity contribution >= 4 is 40.3 Å². The average Bonchev–Trinajstić information content (AvgIpc) is 3.22. The van der Waals surface area contributed by atoms with Crippen molar-refractivity contribution in [1.82, 2.24) is 4.98 Å². The minimum Gasteiger partial charge on any atom is -0.449 e.